The molecule has 2 aromatic carbocycles. The molecule has 0 N–H and O–H groups in total. The van der Waals surface area contributed by atoms with E-state index in [1.54, 1.807) is 18.2 Å². The highest BCUT2D eigenvalue weighted by Crippen LogP contribution is 2.45. The van der Waals surface area contributed by atoms with Crippen molar-refractivity contribution >= 4 is 11.9 Å². The summed E-state index contributed by atoms with van der Waals surface area (Å²) >= 11 is 0. The van der Waals surface area contributed by atoms with E-state index in [1.807, 2.05) is 26.0 Å². The molecule has 0 fully saturated rings. The van der Waals surface area contributed by atoms with Crippen LogP contribution < -0.4 is 14.2 Å². The maximum Gasteiger partial charge on any atom is 0.344 e. The molecule has 3 rings (SSSR count). The quantitative estimate of drug-likeness (QED) is 0.624. The van der Waals surface area contributed by atoms with Gasteiger partial charge < -0.3 is 23.7 Å². The van der Waals surface area contributed by atoms with E-state index in [2.05, 4.69) is 0 Å². The standard InChI is InChI=1S/C22H24O7/c1-5-13(2)29-19(23)12-27-20-16(8-9-18(25-3)21(20)26-4)14-6-7-17-15(10-14)11-28-22(17)24/h6-10,13H,5,11-12H2,1-4H3. The van der Waals surface area contributed by atoms with Crippen molar-refractivity contribution in [3.63, 3.8) is 0 Å². The summed E-state index contributed by atoms with van der Waals surface area (Å²) in [7, 11) is 3.03. The van der Waals surface area contributed by atoms with Gasteiger partial charge in [0.2, 0.25) is 5.75 Å². The van der Waals surface area contributed by atoms with Gasteiger partial charge in [-0.2, -0.15) is 0 Å². The third-order valence-electron chi connectivity index (χ3n) is 4.74. The average molecular weight is 400 g/mol. The van der Waals surface area contributed by atoms with E-state index in [0.29, 0.717) is 28.4 Å². The van der Waals surface area contributed by atoms with Gasteiger partial charge in [0.05, 0.1) is 25.9 Å². The number of benzene rings is 2. The minimum absolute atomic E-state index is 0.188. The first-order valence-electron chi connectivity index (χ1n) is 9.36. The molecule has 0 amide bonds. The summed E-state index contributed by atoms with van der Waals surface area (Å²) in [6.07, 6.45) is 0.530. The van der Waals surface area contributed by atoms with Crippen molar-refractivity contribution in [2.45, 2.75) is 33.0 Å². The Morgan fingerprint density at radius 3 is 2.55 bits per heavy atom. The van der Waals surface area contributed by atoms with Gasteiger partial charge in [-0.05, 0) is 43.2 Å². The van der Waals surface area contributed by atoms with Gasteiger partial charge in [-0.15, -0.1) is 0 Å². The van der Waals surface area contributed by atoms with Crippen LogP contribution in [0.3, 0.4) is 0 Å². The van der Waals surface area contributed by atoms with Crippen LogP contribution in [0.25, 0.3) is 11.1 Å². The van der Waals surface area contributed by atoms with E-state index >= 15 is 0 Å². The monoisotopic (exact) mass is 400 g/mol. The topological polar surface area (TPSA) is 80.3 Å². The summed E-state index contributed by atoms with van der Waals surface area (Å²) in [6, 6.07) is 8.96. The predicted molar refractivity (Wildman–Crippen MR) is 105 cm³/mol. The molecular formula is C22H24O7. The zero-order valence-corrected chi connectivity index (χ0v) is 16.9. The number of ether oxygens (including phenoxy) is 5. The molecule has 7 heteroatoms. The summed E-state index contributed by atoms with van der Waals surface area (Å²) < 4.78 is 27.0. The van der Waals surface area contributed by atoms with Crippen LogP contribution in [0.2, 0.25) is 0 Å². The maximum absolute atomic E-state index is 12.1. The Kier molecular flexibility index (Phi) is 6.26. The van der Waals surface area contributed by atoms with E-state index in [4.69, 9.17) is 23.7 Å². The zero-order valence-electron chi connectivity index (χ0n) is 16.9. The lowest BCUT2D eigenvalue weighted by Gasteiger charge is -2.18. The fraction of sp³-hybridized carbons (Fsp3) is 0.364. The van der Waals surface area contributed by atoms with Crippen molar-refractivity contribution in [3.05, 3.63) is 41.5 Å². The lowest BCUT2D eigenvalue weighted by atomic mass is 9.99. The van der Waals surface area contributed by atoms with Crippen molar-refractivity contribution in [2.75, 3.05) is 20.8 Å². The lowest BCUT2D eigenvalue weighted by Crippen LogP contribution is -2.20. The molecular weight excluding hydrogens is 376 g/mol. The molecule has 7 nitrogen and oxygen atoms in total. The molecule has 0 bridgehead atoms. The SMILES string of the molecule is CCC(C)OC(=O)COc1c(-c2ccc3c(c2)COC3=O)ccc(OC)c1OC. The fourth-order valence-corrected chi connectivity index (χ4v) is 3.04. The van der Waals surface area contributed by atoms with Crippen molar-refractivity contribution in [1.29, 1.82) is 0 Å². The highest BCUT2D eigenvalue weighted by molar-refractivity contribution is 5.94. The van der Waals surface area contributed by atoms with E-state index < -0.39 is 5.97 Å². The maximum atomic E-state index is 12.1. The number of hydrogen-bond donors (Lipinski definition) is 0. The second-order valence-electron chi connectivity index (χ2n) is 6.62. The van der Waals surface area contributed by atoms with Crippen molar-refractivity contribution in [2.24, 2.45) is 0 Å². The van der Waals surface area contributed by atoms with Crippen LogP contribution in [0, 0.1) is 0 Å². The van der Waals surface area contributed by atoms with Gasteiger partial charge in [-0.3, -0.25) is 0 Å². The van der Waals surface area contributed by atoms with Crippen molar-refractivity contribution in [3.8, 4) is 28.4 Å². The third kappa shape index (κ3) is 4.29. The van der Waals surface area contributed by atoms with E-state index in [0.717, 1.165) is 17.5 Å². The highest BCUT2D eigenvalue weighted by atomic mass is 16.6. The molecule has 1 aliphatic heterocycles. The van der Waals surface area contributed by atoms with E-state index in [1.165, 1.54) is 14.2 Å². The van der Waals surface area contributed by atoms with Gasteiger partial charge in [-0.25, -0.2) is 9.59 Å². The number of hydrogen-bond acceptors (Lipinski definition) is 7. The Morgan fingerprint density at radius 1 is 1.10 bits per heavy atom. The average Bonchev–Trinajstić information content (AvgIpc) is 3.11. The Morgan fingerprint density at radius 2 is 1.86 bits per heavy atom. The van der Waals surface area contributed by atoms with Gasteiger partial charge in [-0.1, -0.05) is 13.0 Å². The smallest absolute Gasteiger partial charge is 0.344 e. The Balaban J connectivity index is 1.97. The molecule has 1 unspecified atom stereocenters. The Bertz CT molecular complexity index is 920. The Labute approximate surface area is 169 Å². The predicted octanol–water partition coefficient (Wildman–Crippen LogP) is 3.76. The molecule has 154 valence electrons. The first-order chi connectivity index (χ1) is 14.0. The second kappa shape index (κ2) is 8.86. The fourth-order valence-electron chi connectivity index (χ4n) is 3.04. The van der Waals surface area contributed by atoms with Crippen LogP contribution in [0.5, 0.6) is 17.2 Å². The largest absolute Gasteiger partial charge is 0.493 e. The molecule has 2 aromatic rings. The van der Waals surface area contributed by atoms with Gasteiger partial charge in [0.25, 0.3) is 0 Å². The number of methoxy groups -OCH3 is 2. The van der Waals surface area contributed by atoms with Crippen LogP contribution in [0.1, 0.15) is 36.2 Å². The first-order valence-corrected chi connectivity index (χ1v) is 9.36. The van der Waals surface area contributed by atoms with Crippen LogP contribution in [-0.2, 0) is 20.9 Å². The number of esters is 2. The van der Waals surface area contributed by atoms with Crippen LogP contribution in [-0.4, -0.2) is 38.9 Å². The van der Waals surface area contributed by atoms with Gasteiger partial charge in [0.15, 0.2) is 18.1 Å². The summed E-state index contributed by atoms with van der Waals surface area (Å²) in [6.45, 7) is 3.72. The molecule has 0 saturated carbocycles. The van der Waals surface area contributed by atoms with E-state index in [9.17, 15) is 9.59 Å². The molecule has 0 aromatic heterocycles. The zero-order chi connectivity index (χ0) is 21.0. The number of carbonyl (C=O) groups is 2. The molecule has 1 atom stereocenters. The molecule has 0 radical (unpaired) electrons. The van der Waals surface area contributed by atoms with Gasteiger partial charge >= 0.3 is 11.9 Å². The first kappa shape index (κ1) is 20.5. The molecule has 0 spiro atoms. The Hall–Kier alpha value is -3.22. The summed E-state index contributed by atoms with van der Waals surface area (Å²) in [5, 5.41) is 0. The van der Waals surface area contributed by atoms with E-state index in [-0.39, 0.29) is 25.3 Å². The van der Waals surface area contributed by atoms with Gasteiger partial charge in [0, 0.05) is 11.1 Å². The number of cyclic esters (lactones) is 1. The van der Waals surface area contributed by atoms with Crippen LogP contribution >= 0.6 is 0 Å². The minimum atomic E-state index is -0.469. The highest BCUT2D eigenvalue weighted by Gasteiger charge is 2.24. The second-order valence-corrected chi connectivity index (χ2v) is 6.62. The van der Waals surface area contributed by atoms with Crippen LogP contribution in [0.4, 0.5) is 0 Å². The molecule has 1 aliphatic rings. The summed E-state index contributed by atoms with van der Waals surface area (Å²) in [4.78, 5) is 23.8. The molecule has 0 aliphatic carbocycles. The molecule has 29 heavy (non-hydrogen) atoms. The van der Waals surface area contributed by atoms with Crippen molar-refractivity contribution < 1.29 is 33.3 Å². The number of carbonyl (C=O) groups excluding carboxylic acids is 2. The lowest BCUT2D eigenvalue weighted by molar-refractivity contribution is -0.150. The molecule has 1 heterocycles. The summed E-state index contributed by atoms with van der Waals surface area (Å²) in [5.41, 5.74) is 2.84. The summed E-state index contributed by atoms with van der Waals surface area (Å²) in [5.74, 6) is 0.403. The van der Waals surface area contributed by atoms with Crippen molar-refractivity contribution in [1.82, 2.24) is 0 Å². The number of fused-ring (bicyclic) bond motifs is 1. The normalized spacial score (nSPS) is 13.3. The molecule has 0 saturated heterocycles. The third-order valence-corrected chi connectivity index (χ3v) is 4.74. The van der Waals surface area contributed by atoms with Gasteiger partial charge in [0.1, 0.15) is 6.61 Å². The number of rotatable bonds is 8. The minimum Gasteiger partial charge on any atom is -0.493 e. The van der Waals surface area contributed by atoms with Crippen LogP contribution in [0.15, 0.2) is 30.3 Å².